The Morgan fingerprint density at radius 2 is 1.88 bits per heavy atom. The summed E-state index contributed by atoms with van der Waals surface area (Å²) in [7, 11) is 5.01. The van der Waals surface area contributed by atoms with Crippen molar-refractivity contribution in [2.45, 2.75) is 101 Å². The highest BCUT2D eigenvalue weighted by Gasteiger charge is 2.87. The molecular formula is C41H55N3O8. The molecule has 11 heteroatoms. The van der Waals surface area contributed by atoms with E-state index in [1.807, 2.05) is 19.9 Å². The molecule has 2 heterocycles. The van der Waals surface area contributed by atoms with Gasteiger partial charge in [0, 0.05) is 82.0 Å². The molecule has 1 aliphatic heterocycles. The lowest BCUT2D eigenvalue weighted by molar-refractivity contribution is -0.330. The molecule has 0 radical (unpaired) electrons. The SMILES string of the molecule is CCN1C[C@]2(OC(=O)c3ccccc3NC(=O)/C=C/c3cncc(C)c3)CC[C@H](OC)C34[C@@H]1C(C[C@@H]32)[C@@](O)(C[C@@H](C)OC)[C@@]1(O)[C@@H](OC)[C@@H](C)C[C@@H]41. The molecule has 282 valence electrons. The largest absolute Gasteiger partial charge is 0.454 e. The first-order chi connectivity index (χ1) is 24.8. The fourth-order valence-electron chi connectivity index (χ4n) is 12.2. The number of esters is 1. The number of ether oxygens (including phenoxy) is 4. The molecule has 11 nitrogen and oxygen atoms in total. The number of aryl methyl sites for hydroxylation is 1. The molecule has 3 N–H and O–H groups in total. The van der Waals surface area contributed by atoms with E-state index in [0.29, 0.717) is 44.5 Å². The van der Waals surface area contributed by atoms with Crippen LogP contribution in [0.25, 0.3) is 6.08 Å². The second kappa shape index (κ2) is 13.6. The molecule has 2 aromatic rings. The summed E-state index contributed by atoms with van der Waals surface area (Å²) in [6, 6.07) is 8.75. The predicted octanol–water partition coefficient (Wildman–Crippen LogP) is 4.64. The first-order valence-electron chi connectivity index (χ1n) is 18.8. The minimum atomic E-state index is -1.58. The zero-order valence-corrected chi connectivity index (χ0v) is 31.5. The Kier molecular flexibility index (Phi) is 9.70. The van der Waals surface area contributed by atoms with Crippen molar-refractivity contribution in [2.75, 3.05) is 39.7 Å². The van der Waals surface area contributed by atoms with Gasteiger partial charge in [-0.1, -0.05) is 26.0 Å². The molecule has 5 fully saturated rings. The Morgan fingerprint density at radius 1 is 1.12 bits per heavy atom. The number of nitrogens with zero attached hydrogens (tertiary/aromatic N) is 2. The summed E-state index contributed by atoms with van der Waals surface area (Å²) in [6.07, 6.45) is 8.07. The van der Waals surface area contributed by atoms with Crippen LogP contribution < -0.4 is 5.32 Å². The van der Waals surface area contributed by atoms with E-state index in [0.717, 1.165) is 11.1 Å². The maximum absolute atomic E-state index is 14.5. The molecule has 1 aromatic carbocycles. The lowest BCUT2D eigenvalue weighted by atomic mass is 9.44. The Balaban J connectivity index is 1.27. The molecule has 5 bridgehead atoms. The van der Waals surface area contributed by atoms with E-state index >= 15 is 0 Å². The Hall–Kier alpha value is -3.19. The summed E-state index contributed by atoms with van der Waals surface area (Å²) in [5.74, 6) is -1.86. The van der Waals surface area contributed by atoms with Gasteiger partial charge in [-0.15, -0.1) is 0 Å². The van der Waals surface area contributed by atoms with Crippen LogP contribution in [-0.2, 0) is 23.7 Å². The van der Waals surface area contributed by atoms with Gasteiger partial charge in [-0.25, -0.2) is 4.79 Å². The van der Waals surface area contributed by atoms with Gasteiger partial charge in [-0.2, -0.15) is 0 Å². The van der Waals surface area contributed by atoms with Crippen molar-refractivity contribution in [2.24, 2.45) is 29.1 Å². The fourth-order valence-corrected chi connectivity index (χ4v) is 12.2. The number of piperidine rings is 1. The molecule has 1 amide bonds. The van der Waals surface area contributed by atoms with Crippen LogP contribution in [0.4, 0.5) is 5.69 Å². The van der Waals surface area contributed by atoms with Crippen LogP contribution in [0.1, 0.15) is 74.4 Å². The Morgan fingerprint density at radius 3 is 2.58 bits per heavy atom. The maximum atomic E-state index is 14.5. The van der Waals surface area contributed by atoms with Crippen LogP contribution in [0.5, 0.6) is 0 Å². The van der Waals surface area contributed by atoms with E-state index in [9.17, 15) is 19.8 Å². The van der Waals surface area contributed by atoms with Gasteiger partial charge >= 0.3 is 5.97 Å². The highest BCUT2D eigenvalue weighted by Crippen LogP contribution is 2.77. The molecular weight excluding hydrogens is 662 g/mol. The highest BCUT2D eigenvalue weighted by molar-refractivity contribution is 6.06. The van der Waals surface area contributed by atoms with Crippen molar-refractivity contribution in [1.82, 2.24) is 9.88 Å². The minimum Gasteiger partial charge on any atom is -0.454 e. The molecule has 4 saturated carbocycles. The van der Waals surface area contributed by atoms with Gasteiger partial charge in [0.2, 0.25) is 5.91 Å². The lowest BCUT2D eigenvalue weighted by Gasteiger charge is -2.70. The highest BCUT2D eigenvalue weighted by atomic mass is 16.6. The van der Waals surface area contributed by atoms with Gasteiger partial charge in [-0.05, 0) is 87.4 Å². The van der Waals surface area contributed by atoms with Crippen LogP contribution in [0, 0.1) is 36.0 Å². The van der Waals surface area contributed by atoms with Gasteiger partial charge in [0.25, 0.3) is 0 Å². The molecule has 2 unspecified atom stereocenters. The maximum Gasteiger partial charge on any atom is 0.340 e. The number of aromatic nitrogens is 1. The number of likely N-dealkylation sites (N-methyl/N-ethyl adjacent to an activating group) is 1. The third-order valence-electron chi connectivity index (χ3n) is 13.8. The first kappa shape index (κ1) is 37.1. The monoisotopic (exact) mass is 717 g/mol. The van der Waals surface area contributed by atoms with Crippen molar-refractivity contribution < 1.29 is 38.7 Å². The number of carbonyl (C=O) groups is 2. The first-order valence-corrected chi connectivity index (χ1v) is 18.8. The van der Waals surface area contributed by atoms with Crippen LogP contribution in [0.15, 0.2) is 48.8 Å². The number of benzene rings is 1. The normalized spacial score (nSPS) is 39.7. The quantitative estimate of drug-likeness (QED) is 0.223. The minimum absolute atomic E-state index is 0.0306. The predicted molar refractivity (Wildman–Crippen MR) is 195 cm³/mol. The number of para-hydroxylation sites is 1. The summed E-state index contributed by atoms with van der Waals surface area (Å²) < 4.78 is 25.2. The topological polar surface area (TPSA) is 140 Å². The fraction of sp³-hybridized carbons (Fsp3) is 0.634. The number of amides is 1. The average molecular weight is 718 g/mol. The van der Waals surface area contributed by atoms with E-state index in [1.54, 1.807) is 64.1 Å². The van der Waals surface area contributed by atoms with E-state index in [-0.39, 0.29) is 59.8 Å². The Labute approximate surface area is 307 Å². The second-order valence-corrected chi connectivity index (χ2v) is 16.2. The van der Waals surface area contributed by atoms with Crippen LogP contribution in [0.3, 0.4) is 0 Å². The molecule has 12 atom stereocenters. The molecule has 4 aliphatic carbocycles. The lowest BCUT2D eigenvalue weighted by Crippen LogP contribution is -2.82. The van der Waals surface area contributed by atoms with Gasteiger partial charge in [-0.3, -0.25) is 14.7 Å². The van der Waals surface area contributed by atoms with Crippen molar-refractivity contribution in [3.8, 4) is 0 Å². The number of likely N-dealkylation sites (tertiary alicyclic amines) is 1. The zero-order valence-electron chi connectivity index (χ0n) is 31.5. The second-order valence-electron chi connectivity index (χ2n) is 16.2. The Bertz CT molecular complexity index is 1720. The van der Waals surface area contributed by atoms with Crippen molar-refractivity contribution in [1.29, 1.82) is 0 Å². The summed E-state index contributed by atoms with van der Waals surface area (Å²) in [5.41, 5.74) is -2.25. The number of hydrogen-bond acceptors (Lipinski definition) is 10. The molecule has 52 heavy (non-hydrogen) atoms. The number of aliphatic hydroxyl groups is 2. The number of carbonyl (C=O) groups excluding carboxylic acids is 2. The number of fused-ring (bicyclic) bond motifs is 1. The van der Waals surface area contributed by atoms with E-state index in [1.165, 1.54) is 6.08 Å². The van der Waals surface area contributed by atoms with E-state index < -0.39 is 34.3 Å². The van der Waals surface area contributed by atoms with Gasteiger partial charge < -0.3 is 34.5 Å². The zero-order chi connectivity index (χ0) is 37.2. The third kappa shape index (κ3) is 5.25. The van der Waals surface area contributed by atoms with E-state index in [2.05, 4.69) is 29.0 Å². The average Bonchev–Trinajstić information content (AvgIpc) is 3.55. The van der Waals surface area contributed by atoms with Crippen LogP contribution in [-0.4, -0.2) is 108 Å². The summed E-state index contributed by atoms with van der Waals surface area (Å²) >= 11 is 0. The smallest absolute Gasteiger partial charge is 0.340 e. The number of pyridine rings is 1. The van der Waals surface area contributed by atoms with E-state index in [4.69, 9.17) is 18.9 Å². The van der Waals surface area contributed by atoms with Crippen molar-refractivity contribution in [3.05, 3.63) is 65.5 Å². The van der Waals surface area contributed by atoms with Gasteiger partial charge in [0.1, 0.15) is 16.8 Å². The number of rotatable bonds is 11. The molecule has 1 saturated heterocycles. The van der Waals surface area contributed by atoms with Crippen LogP contribution in [0.2, 0.25) is 0 Å². The number of anilines is 1. The van der Waals surface area contributed by atoms with Crippen molar-refractivity contribution in [3.63, 3.8) is 0 Å². The third-order valence-corrected chi connectivity index (χ3v) is 13.8. The van der Waals surface area contributed by atoms with Crippen LogP contribution >= 0.6 is 0 Å². The summed E-state index contributed by atoms with van der Waals surface area (Å²) in [4.78, 5) is 34.2. The summed E-state index contributed by atoms with van der Waals surface area (Å²) in [5, 5.41) is 29.3. The van der Waals surface area contributed by atoms with Gasteiger partial charge in [0.15, 0.2) is 0 Å². The van der Waals surface area contributed by atoms with Crippen molar-refractivity contribution >= 4 is 23.6 Å². The number of hydrogen-bond donors (Lipinski definition) is 3. The molecule has 1 spiro atoms. The molecule has 7 rings (SSSR count). The molecule has 5 aliphatic rings. The molecule has 1 aromatic heterocycles. The summed E-state index contributed by atoms with van der Waals surface area (Å²) in [6.45, 7) is 9.26. The standard InChI is InChI=1S/C41H55N3O8/c1-8-44-23-38(52-37(46)28-11-9-10-12-30(28)43-34(45)14-13-27-17-24(2)21-42-22-27)16-15-33(50-6)40-31(38)19-29(35(40)44)39(47,20-26(4)49-5)41(48)32(40)18-25(3)36(41)51-7/h9-14,17,21-22,25-26,29,31-33,35-36,47-48H,8,15-16,18-20,23H2,1-7H3,(H,43,45)/b14-13+/t25-,26+,29?,31+,32-,33-,35-,36-,38+,39-,40?,41-/m0/s1. The number of nitrogens with one attached hydrogen (secondary N) is 1. The number of methoxy groups -OCH3 is 3. The van der Waals surface area contributed by atoms with Gasteiger partial charge in [0.05, 0.1) is 29.6 Å².